The number of hydrogen-bond donors (Lipinski definition) is 0. The van der Waals surface area contributed by atoms with E-state index < -0.39 is 0 Å². The van der Waals surface area contributed by atoms with Crippen LogP contribution in [0.4, 0.5) is 0 Å². The summed E-state index contributed by atoms with van der Waals surface area (Å²) < 4.78 is 11.5. The van der Waals surface area contributed by atoms with Gasteiger partial charge in [-0.15, -0.1) is 16.4 Å². The predicted octanol–water partition coefficient (Wildman–Crippen LogP) is 5.60. The van der Waals surface area contributed by atoms with Gasteiger partial charge in [-0.25, -0.2) is 19.5 Å². The molecule has 0 saturated heterocycles. The summed E-state index contributed by atoms with van der Waals surface area (Å²) in [4.78, 5) is 14.3. The van der Waals surface area contributed by atoms with Crippen LogP contribution in [0.15, 0.2) is 59.2 Å². The lowest BCUT2D eigenvalue weighted by atomic mass is 10.2. The first-order valence-corrected chi connectivity index (χ1v) is 12.3. The van der Waals surface area contributed by atoms with E-state index in [4.69, 9.17) is 19.7 Å². The van der Waals surface area contributed by atoms with Crippen molar-refractivity contribution in [2.75, 3.05) is 7.11 Å². The largest absolute Gasteiger partial charge is 0.497 e. The molecule has 9 heteroatoms. The minimum absolute atomic E-state index is 0.653. The lowest BCUT2D eigenvalue weighted by Gasteiger charge is -2.08. The fourth-order valence-corrected chi connectivity index (χ4v) is 5.97. The molecular formula is C24H20N6OS2. The van der Waals surface area contributed by atoms with Crippen LogP contribution in [0.25, 0.3) is 32.6 Å². The highest BCUT2D eigenvalue weighted by Crippen LogP contribution is 2.33. The quantitative estimate of drug-likeness (QED) is 0.304. The lowest BCUT2D eigenvalue weighted by Crippen LogP contribution is -1.99. The van der Waals surface area contributed by atoms with Gasteiger partial charge in [0.25, 0.3) is 0 Å². The van der Waals surface area contributed by atoms with Gasteiger partial charge in [0, 0.05) is 11.4 Å². The molecule has 0 spiro atoms. The van der Waals surface area contributed by atoms with E-state index in [1.54, 1.807) is 41.1 Å². The van der Waals surface area contributed by atoms with Gasteiger partial charge in [0.1, 0.15) is 12.1 Å². The Morgan fingerprint density at radius 1 is 1.00 bits per heavy atom. The average molecular weight is 473 g/mol. The molecule has 0 aliphatic heterocycles. The smallest absolute Gasteiger partial charge is 0.168 e. The molecule has 0 N–H and O–H groups in total. The zero-order valence-electron chi connectivity index (χ0n) is 18.3. The van der Waals surface area contributed by atoms with Crippen LogP contribution in [-0.4, -0.2) is 36.2 Å². The fraction of sp³-hybridized carbons (Fsp3) is 0.167. The maximum absolute atomic E-state index is 5.31. The molecule has 0 unspecified atom stereocenters. The van der Waals surface area contributed by atoms with Gasteiger partial charge in [-0.1, -0.05) is 23.9 Å². The third kappa shape index (κ3) is 3.35. The van der Waals surface area contributed by atoms with Gasteiger partial charge < -0.3 is 4.74 Å². The number of fused-ring (bicyclic) bond motifs is 4. The SMILES string of the molecule is COc1ccc(-n2c(C)c(C)c3c2ncn2nc(CSc4nc5ccccc5s4)nc32)cc1. The Morgan fingerprint density at radius 3 is 2.61 bits per heavy atom. The van der Waals surface area contributed by atoms with Crippen molar-refractivity contribution in [3.05, 3.63) is 71.9 Å². The van der Waals surface area contributed by atoms with Crippen molar-refractivity contribution in [2.24, 2.45) is 0 Å². The zero-order chi connectivity index (χ0) is 22.5. The molecule has 6 aromatic rings. The number of methoxy groups -OCH3 is 1. The number of para-hydroxylation sites is 1. The lowest BCUT2D eigenvalue weighted by molar-refractivity contribution is 0.415. The average Bonchev–Trinajstić information content (AvgIpc) is 3.52. The molecule has 4 aromatic heterocycles. The van der Waals surface area contributed by atoms with Gasteiger partial charge in [-0.2, -0.15) is 0 Å². The second-order valence-corrected chi connectivity index (χ2v) is 9.97. The Labute approximate surface area is 198 Å². The van der Waals surface area contributed by atoms with E-state index in [0.29, 0.717) is 5.75 Å². The van der Waals surface area contributed by atoms with Crippen LogP contribution >= 0.6 is 23.1 Å². The van der Waals surface area contributed by atoms with Crippen molar-refractivity contribution in [2.45, 2.75) is 23.9 Å². The number of benzene rings is 2. The summed E-state index contributed by atoms with van der Waals surface area (Å²) >= 11 is 3.36. The van der Waals surface area contributed by atoms with Gasteiger partial charge in [-0.05, 0) is 55.8 Å². The number of thioether (sulfide) groups is 1. The Hall–Kier alpha value is -3.43. The molecule has 0 radical (unpaired) electrons. The summed E-state index contributed by atoms with van der Waals surface area (Å²) in [6, 6.07) is 16.2. The van der Waals surface area contributed by atoms with Crippen LogP contribution in [0, 0.1) is 13.8 Å². The van der Waals surface area contributed by atoms with E-state index in [0.717, 1.165) is 55.1 Å². The minimum Gasteiger partial charge on any atom is -0.497 e. The molecule has 6 rings (SSSR count). The fourth-order valence-electron chi connectivity index (χ4n) is 4.05. The highest BCUT2D eigenvalue weighted by molar-refractivity contribution is 8.00. The van der Waals surface area contributed by atoms with Crippen LogP contribution < -0.4 is 4.74 Å². The first-order valence-electron chi connectivity index (χ1n) is 10.5. The van der Waals surface area contributed by atoms with E-state index in [1.807, 2.05) is 42.5 Å². The summed E-state index contributed by atoms with van der Waals surface area (Å²) in [5.74, 6) is 2.25. The van der Waals surface area contributed by atoms with Crippen LogP contribution in [0.1, 0.15) is 17.1 Å². The number of aromatic nitrogens is 6. The Morgan fingerprint density at radius 2 is 1.82 bits per heavy atom. The van der Waals surface area contributed by atoms with Crippen molar-refractivity contribution in [1.82, 2.24) is 29.1 Å². The van der Waals surface area contributed by atoms with Crippen molar-refractivity contribution in [3.63, 3.8) is 0 Å². The van der Waals surface area contributed by atoms with Crippen molar-refractivity contribution in [3.8, 4) is 11.4 Å². The van der Waals surface area contributed by atoms with Crippen LogP contribution in [0.3, 0.4) is 0 Å². The molecule has 0 amide bonds. The molecule has 4 heterocycles. The minimum atomic E-state index is 0.653. The maximum Gasteiger partial charge on any atom is 0.168 e. The molecule has 2 aromatic carbocycles. The highest BCUT2D eigenvalue weighted by Gasteiger charge is 2.19. The van der Waals surface area contributed by atoms with E-state index in [1.165, 1.54) is 4.70 Å². The number of rotatable bonds is 5. The Bertz CT molecular complexity index is 1600. The van der Waals surface area contributed by atoms with Gasteiger partial charge in [0.15, 0.2) is 21.5 Å². The molecular weight excluding hydrogens is 452 g/mol. The number of hydrogen-bond acceptors (Lipinski definition) is 7. The second-order valence-electron chi connectivity index (χ2n) is 7.72. The number of ether oxygens (including phenoxy) is 1. The molecule has 164 valence electrons. The van der Waals surface area contributed by atoms with E-state index in [-0.39, 0.29) is 0 Å². The van der Waals surface area contributed by atoms with Crippen LogP contribution in [0.2, 0.25) is 0 Å². The molecule has 0 saturated carbocycles. The standard InChI is InChI=1S/C24H20N6OS2/c1-14-15(2)30(16-8-10-17(31-3)11-9-16)22-21(14)23-27-20(28-29(23)13-25-22)12-32-24-26-18-6-4-5-7-19(18)33-24/h4-11,13H,12H2,1-3H3. The van der Waals surface area contributed by atoms with Crippen molar-refractivity contribution in [1.29, 1.82) is 0 Å². The monoisotopic (exact) mass is 472 g/mol. The van der Waals surface area contributed by atoms with Crippen molar-refractivity contribution < 1.29 is 4.74 Å². The topological polar surface area (TPSA) is 70.1 Å². The molecule has 7 nitrogen and oxygen atoms in total. The normalized spacial score (nSPS) is 11.7. The summed E-state index contributed by atoms with van der Waals surface area (Å²) in [7, 11) is 1.67. The predicted molar refractivity (Wildman–Crippen MR) is 133 cm³/mol. The van der Waals surface area contributed by atoms with Gasteiger partial charge in [0.05, 0.1) is 28.5 Å². The molecule has 0 fully saturated rings. The first-order chi connectivity index (χ1) is 16.1. The van der Waals surface area contributed by atoms with Gasteiger partial charge in [-0.3, -0.25) is 4.57 Å². The molecule has 0 aliphatic carbocycles. The number of thiazole rings is 1. The maximum atomic E-state index is 5.31. The highest BCUT2D eigenvalue weighted by atomic mass is 32.2. The van der Waals surface area contributed by atoms with Crippen molar-refractivity contribution >= 4 is 50.0 Å². The Balaban J connectivity index is 1.38. The molecule has 0 aliphatic rings. The summed E-state index contributed by atoms with van der Waals surface area (Å²) in [5.41, 5.74) is 6.05. The molecule has 33 heavy (non-hydrogen) atoms. The van der Waals surface area contributed by atoms with Crippen LogP contribution in [0.5, 0.6) is 5.75 Å². The van der Waals surface area contributed by atoms with Gasteiger partial charge in [0.2, 0.25) is 0 Å². The summed E-state index contributed by atoms with van der Waals surface area (Å²) in [6.45, 7) is 4.22. The second kappa shape index (κ2) is 7.86. The number of aryl methyl sites for hydroxylation is 1. The first kappa shape index (κ1) is 20.2. The summed E-state index contributed by atoms with van der Waals surface area (Å²) in [5, 5.41) is 5.70. The Kier molecular flexibility index (Phi) is 4.81. The third-order valence-electron chi connectivity index (χ3n) is 5.81. The van der Waals surface area contributed by atoms with Gasteiger partial charge >= 0.3 is 0 Å². The molecule has 0 bridgehead atoms. The number of nitrogens with zero attached hydrogens (tertiary/aromatic N) is 6. The van der Waals surface area contributed by atoms with E-state index in [2.05, 4.69) is 29.6 Å². The van der Waals surface area contributed by atoms with E-state index >= 15 is 0 Å². The van der Waals surface area contributed by atoms with Crippen LogP contribution in [-0.2, 0) is 5.75 Å². The van der Waals surface area contributed by atoms with E-state index in [9.17, 15) is 0 Å². The molecule has 0 atom stereocenters. The third-order valence-corrected chi connectivity index (χ3v) is 7.98. The summed E-state index contributed by atoms with van der Waals surface area (Å²) in [6.07, 6.45) is 1.75. The zero-order valence-corrected chi connectivity index (χ0v) is 19.9.